The lowest BCUT2D eigenvalue weighted by molar-refractivity contribution is -0.120. The van der Waals surface area contributed by atoms with Crippen LogP contribution in [0.3, 0.4) is 0 Å². The Morgan fingerprint density at radius 2 is 2.10 bits per heavy atom. The normalized spacial score (nSPS) is 30.7. The molecule has 2 heterocycles. The summed E-state index contributed by atoms with van der Waals surface area (Å²) in [6.45, 7) is 0. The molecule has 0 saturated heterocycles. The van der Waals surface area contributed by atoms with Gasteiger partial charge in [-0.25, -0.2) is 4.79 Å². The monoisotopic (exact) mass is 273 g/mol. The van der Waals surface area contributed by atoms with Gasteiger partial charge in [-0.15, -0.1) is 0 Å². The maximum atomic E-state index is 12.0. The second-order valence-corrected chi connectivity index (χ2v) is 6.14. The minimum atomic E-state index is -0.466. The molecular weight excluding hydrogens is 258 g/mol. The number of rotatable bonds is 2. The zero-order valence-electron chi connectivity index (χ0n) is 11.0. The molecule has 2 fully saturated rings. The van der Waals surface area contributed by atoms with Gasteiger partial charge in [-0.1, -0.05) is 0 Å². The van der Waals surface area contributed by atoms with Gasteiger partial charge in [0, 0.05) is 6.07 Å². The molecule has 1 aromatic rings. The van der Waals surface area contributed by atoms with Gasteiger partial charge >= 0.3 is 5.63 Å². The van der Waals surface area contributed by atoms with Crippen LogP contribution in [0.5, 0.6) is 0 Å². The predicted octanol–water partition coefficient (Wildman–Crippen LogP) is 1.04. The Labute approximate surface area is 115 Å². The van der Waals surface area contributed by atoms with E-state index in [0.29, 0.717) is 11.5 Å². The molecule has 3 atom stereocenters. The maximum absolute atomic E-state index is 12.0. The number of carbonyl (C=O) groups is 2. The van der Waals surface area contributed by atoms with Crippen molar-refractivity contribution in [2.75, 3.05) is 0 Å². The van der Waals surface area contributed by atoms with Gasteiger partial charge in [-0.05, 0) is 49.0 Å². The van der Waals surface area contributed by atoms with Crippen LogP contribution in [0, 0.1) is 17.8 Å². The number of nitrogens with one attached hydrogen (secondary N) is 1. The fourth-order valence-electron chi connectivity index (χ4n) is 3.89. The van der Waals surface area contributed by atoms with Crippen molar-refractivity contribution in [3.63, 3.8) is 0 Å². The van der Waals surface area contributed by atoms with Gasteiger partial charge in [0.1, 0.15) is 5.76 Å². The molecule has 0 aromatic carbocycles. The summed E-state index contributed by atoms with van der Waals surface area (Å²) in [5, 5.41) is 2.30. The molecule has 20 heavy (non-hydrogen) atoms. The van der Waals surface area contributed by atoms with Crippen LogP contribution in [0.15, 0.2) is 15.3 Å². The largest absolute Gasteiger partial charge is 0.426 e. The van der Waals surface area contributed by atoms with Crippen LogP contribution in [-0.4, -0.2) is 11.8 Å². The predicted molar refractivity (Wildman–Crippen MR) is 69.2 cm³/mol. The Balaban J connectivity index is 1.73. The van der Waals surface area contributed by atoms with E-state index in [1.54, 1.807) is 0 Å². The second kappa shape index (κ2) is 4.04. The summed E-state index contributed by atoms with van der Waals surface area (Å²) in [5.41, 5.74) is 0.693. The minimum Gasteiger partial charge on any atom is -0.426 e. The number of imide groups is 1. The van der Waals surface area contributed by atoms with E-state index in [0.717, 1.165) is 23.8 Å². The molecule has 0 radical (unpaired) electrons. The summed E-state index contributed by atoms with van der Waals surface area (Å²) in [6, 6.07) is 1.42. The van der Waals surface area contributed by atoms with Crippen LogP contribution in [-0.2, 0) is 17.6 Å². The lowest BCUT2D eigenvalue weighted by Crippen LogP contribution is -2.39. The molecule has 4 rings (SSSR count). The molecular formula is C15H15NO4. The summed E-state index contributed by atoms with van der Waals surface area (Å²) >= 11 is 0. The molecule has 1 aromatic heterocycles. The standard InChI is InChI=1S/C15H15NO4/c17-12-6-11-14(15(19)16-12)9(5-13(18)20-11)3-7-1-2-8-4-10(7)8/h5,7-8,10H,1-4,6H2,(H,16,17,19). The minimum absolute atomic E-state index is 0.0269. The van der Waals surface area contributed by atoms with E-state index >= 15 is 0 Å². The number of hydrogen-bond acceptors (Lipinski definition) is 4. The molecule has 104 valence electrons. The van der Waals surface area contributed by atoms with Gasteiger partial charge in [0.05, 0.1) is 12.0 Å². The van der Waals surface area contributed by atoms with Gasteiger partial charge in [-0.3, -0.25) is 14.9 Å². The van der Waals surface area contributed by atoms with E-state index in [1.165, 1.54) is 25.3 Å². The van der Waals surface area contributed by atoms with Crippen LogP contribution < -0.4 is 10.9 Å². The molecule has 3 unspecified atom stereocenters. The lowest BCUT2D eigenvalue weighted by atomic mass is 9.90. The molecule has 5 nitrogen and oxygen atoms in total. The maximum Gasteiger partial charge on any atom is 0.336 e. The average molecular weight is 273 g/mol. The third-order valence-corrected chi connectivity index (χ3v) is 4.89. The van der Waals surface area contributed by atoms with E-state index in [-0.39, 0.29) is 12.2 Å². The zero-order chi connectivity index (χ0) is 13.9. The summed E-state index contributed by atoms with van der Waals surface area (Å²) in [6.07, 6.45) is 4.45. The van der Waals surface area contributed by atoms with Crippen molar-refractivity contribution in [3.8, 4) is 0 Å². The number of hydrogen-bond donors (Lipinski definition) is 1. The SMILES string of the molecule is O=C1Cc2oc(=O)cc(CC3CCC4CC34)c2C(=O)N1. The van der Waals surface area contributed by atoms with Crippen molar-refractivity contribution in [1.29, 1.82) is 0 Å². The van der Waals surface area contributed by atoms with E-state index in [2.05, 4.69) is 5.32 Å². The summed E-state index contributed by atoms with van der Waals surface area (Å²) < 4.78 is 5.05. The van der Waals surface area contributed by atoms with Crippen molar-refractivity contribution in [3.05, 3.63) is 33.4 Å². The molecule has 2 amide bonds. The Kier molecular flexibility index (Phi) is 2.40. The van der Waals surface area contributed by atoms with Gasteiger partial charge in [0.15, 0.2) is 0 Å². The first kappa shape index (κ1) is 11.9. The van der Waals surface area contributed by atoms with Crippen LogP contribution in [0.1, 0.15) is 40.9 Å². The quantitative estimate of drug-likeness (QED) is 0.817. The third kappa shape index (κ3) is 1.80. The van der Waals surface area contributed by atoms with Gasteiger partial charge in [-0.2, -0.15) is 0 Å². The first-order valence-corrected chi connectivity index (χ1v) is 7.12. The molecule has 5 heteroatoms. The lowest BCUT2D eigenvalue weighted by Gasteiger charge is -2.19. The molecule has 0 spiro atoms. The average Bonchev–Trinajstić information content (AvgIpc) is 3.04. The van der Waals surface area contributed by atoms with E-state index < -0.39 is 17.4 Å². The van der Waals surface area contributed by atoms with E-state index in [1.807, 2.05) is 0 Å². The Morgan fingerprint density at radius 3 is 2.80 bits per heavy atom. The highest BCUT2D eigenvalue weighted by atomic mass is 16.4. The number of fused-ring (bicyclic) bond motifs is 2. The molecule has 0 bridgehead atoms. The summed E-state index contributed by atoms with van der Waals surface area (Å²) in [4.78, 5) is 35.0. The van der Waals surface area contributed by atoms with Crippen LogP contribution in [0.25, 0.3) is 0 Å². The molecule has 3 aliphatic rings. The Hall–Kier alpha value is -1.91. The number of amides is 2. The number of carbonyl (C=O) groups excluding carboxylic acids is 2. The van der Waals surface area contributed by atoms with Gasteiger partial charge < -0.3 is 4.42 Å². The van der Waals surface area contributed by atoms with Crippen molar-refractivity contribution in [2.24, 2.45) is 17.8 Å². The highest BCUT2D eigenvalue weighted by Crippen LogP contribution is 2.56. The zero-order valence-corrected chi connectivity index (χ0v) is 11.0. The molecule has 2 aliphatic carbocycles. The molecule has 1 aliphatic heterocycles. The first-order valence-electron chi connectivity index (χ1n) is 7.12. The molecule has 2 saturated carbocycles. The van der Waals surface area contributed by atoms with Crippen molar-refractivity contribution < 1.29 is 14.0 Å². The van der Waals surface area contributed by atoms with Crippen molar-refractivity contribution in [2.45, 2.75) is 32.1 Å². The smallest absolute Gasteiger partial charge is 0.336 e. The van der Waals surface area contributed by atoms with Crippen LogP contribution in [0.4, 0.5) is 0 Å². The highest BCUT2D eigenvalue weighted by Gasteiger charge is 2.48. The third-order valence-electron chi connectivity index (χ3n) is 4.89. The van der Waals surface area contributed by atoms with Crippen LogP contribution >= 0.6 is 0 Å². The first-order chi connectivity index (χ1) is 9.61. The van der Waals surface area contributed by atoms with Crippen molar-refractivity contribution in [1.82, 2.24) is 5.32 Å². The van der Waals surface area contributed by atoms with E-state index in [4.69, 9.17) is 4.42 Å². The Bertz CT molecular complexity index is 675. The second-order valence-electron chi connectivity index (χ2n) is 6.14. The van der Waals surface area contributed by atoms with Gasteiger partial charge in [0.2, 0.25) is 5.91 Å². The summed E-state index contributed by atoms with van der Waals surface area (Å²) in [7, 11) is 0. The fraction of sp³-hybridized carbons (Fsp3) is 0.533. The van der Waals surface area contributed by atoms with Crippen molar-refractivity contribution >= 4 is 11.8 Å². The van der Waals surface area contributed by atoms with Crippen LogP contribution in [0.2, 0.25) is 0 Å². The summed E-state index contributed by atoms with van der Waals surface area (Å²) in [5.74, 6) is 1.59. The molecule has 1 N–H and O–H groups in total. The highest BCUT2D eigenvalue weighted by molar-refractivity contribution is 6.09. The Morgan fingerprint density at radius 1 is 1.25 bits per heavy atom. The fourth-order valence-corrected chi connectivity index (χ4v) is 3.89. The topological polar surface area (TPSA) is 76.4 Å². The van der Waals surface area contributed by atoms with Gasteiger partial charge in [0.25, 0.3) is 5.91 Å². The van der Waals surface area contributed by atoms with E-state index in [9.17, 15) is 14.4 Å².